The molecule has 0 bridgehead atoms. The van der Waals surface area contributed by atoms with Crippen LogP contribution in [0.2, 0.25) is 0 Å². The molecule has 0 aliphatic carbocycles. The van der Waals surface area contributed by atoms with Crippen molar-refractivity contribution in [1.29, 1.82) is 0 Å². The Kier molecular flexibility index (Phi) is 4.95. The first kappa shape index (κ1) is 12.7. The number of nitrogens with one attached hydrogen (secondary N) is 1. The normalized spacial score (nSPS) is 10.4. The monoisotopic (exact) mass is 224 g/mol. The first-order chi connectivity index (χ1) is 7.72. The summed E-state index contributed by atoms with van der Waals surface area (Å²) in [4.78, 5) is 17.9. The lowest BCUT2D eigenvalue weighted by Crippen LogP contribution is -2.32. The highest BCUT2D eigenvalue weighted by atomic mass is 16.2. The molecule has 1 N–H and O–H groups in total. The van der Waals surface area contributed by atoms with Gasteiger partial charge in [-0.25, -0.2) is 4.98 Å². The van der Waals surface area contributed by atoms with Crippen molar-refractivity contribution in [1.82, 2.24) is 20.1 Å². The molecule has 0 saturated heterocycles. The summed E-state index contributed by atoms with van der Waals surface area (Å²) in [5.74, 6) is 0.969. The molecule has 1 rings (SSSR count). The van der Waals surface area contributed by atoms with Crippen LogP contribution in [0.15, 0.2) is 0 Å². The van der Waals surface area contributed by atoms with Crippen LogP contribution in [0.5, 0.6) is 0 Å². The van der Waals surface area contributed by atoms with Gasteiger partial charge in [-0.05, 0) is 13.3 Å². The van der Waals surface area contributed by atoms with Gasteiger partial charge in [-0.2, -0.15) is 0 Å². The van der Waals surface area contributed by atoms with Gasteiger partial charge in [0.25, 0.3) is 5.91 Å². The summed E-state index contributed by atoms with van der Waals surface area (Å²) in [6.45, 7) is 7.54. The molecule has 0 aromatic carbocycles. The highest BCUT2D eigenvalue weighted by Gasteiger charge is 2.17. The third kappa shape index (κ3) is 3.05. The van der Waals surface area contributed by atoms with E-state index in [1.807, 2.05) is 13.8 Å². The Labute approximate surface area is 96.3 Å². The molecule has 0 aliphatic rings. The number of aromatic amines is 1. The number of amides is 1. The molecule has 5 nitrogen and oxygen atoms in total. The number of hydrogen-bond acceptors (Lipinski definition) is 3. The quantitative estimate of drug-likeness (QED) is 0.798. The van der Waals surface area contributed by atoms with Crippen LogP contribution in [-0.2, 0) is 6.42 Å². The predicted molar refractivity (Wildman–Crippen MR) is 62.2 cm³/mol. The zero-order valence-electron chi connectivity index (χ0n) is 10.3. The molecule has 0 atom stereocenters. The minimum atomic E-state index is -0.0769. The standard InChI is InChI=1S/C11H20N4O/c1-4-7-8-15(6-3)11(16)10-12-9(5-2)13-14-10/h4-8H2,1-3H3,(H,12,13,14). The fourth-order valence-electron chi connectivity index (χ4n) is 1.44. The van der Waals surface area contributed by atoms with Gasteiger partial charge in [-0.15, -0.1) is 5.10 Å². The Bertz CT molecular complexity index is 334. The van der Waals surface area contributed by atoms with E-state index in [4.69, 9.17) is 0 Å². The Morgan fingerprint density at radius 1 is 1.38 bits per heavy atom. The first-order valence-corrected chi connectivity index (χ1v) is 5.93. The zero-order valence-corrected chi connectivity index (χ0v) is 10.3. The highest BCUT2D eigenvalue weighted by molar-refractivity contribution is 5.90. The molecular formula is C11H20N4O. The van der Waals surface area contributed by atoms with E-state index in [0.717, 1.165) is 31.6 Å². The average Bonchev–Trinajstić information content (AvgIpc) is 2.78. The summed E-state index contributed by atoms with van der Waals surface area (Å²) in [6.07, 6.45) is 2.87. The maximum atomic E-state index is 12.0. The van der Waals surface area contributed by atoms with E-state index in [-0.39, 0.29) is 11.7 Å². The second-order valence-electron chi connectivity index (χ2n) is 3.70. The lowest BCUT2D eigenvalue weighted by atomic mass is 10.3. The van der Waals surface area contributed by atoms with Gasteiger partial charge in [0.05, 0.1) is 0 Å². The molecule has 0 aliphatic heterocycles. The van der Waals surface area contributed by atoms with Crippen LogP contribution in [0.1, 0.15) is 50.1 Å². The maximum Gasteiger partial charge on any atom is 0.293 e. The van der Waals surface area contributed by atoms with Crippen molar-refractivity contribution in [2.24, 2.45) is 0 Å². The summed E-state index contributed by atoms with van der Waals surface area (Å²) in [5.41, 5.74) is 0. The van der Waals surface area contributed by atoms with E-state index in [1.165, 1.54) is 0 Å². The lowest BCUT2D eigenvalue weighted by Gasteiger charge is -2.18. The molecule has 0 fully saturated rings. The topological polar surface area (TPSA) is 61.9 Å². The number of aromatic nitrogens is 3. The van der Waals surface area contributed by atoms with Crippen molar-refractivity contribution in [3.63, 3.8) is 0 Å². The number of aryl methyl sites for hydroxylation is 1. The Morgan fingerprint density at radius 2 is 2.12 bits per heavy atom. The van der Waals surface area contributed by atoms with Gasteiger partial charge in [0.2, 0.25) is 5.82 Å². The summed E-state index contributed by atoms with van der Waals surface area (Å²) in [6, 6.07) is 0. The number of carbonyl (C=O) groups is 1. The van der Waals surface area contributed by atoms with Gasteiger partial charge in [-0.3, -0.25) is 9.89 Å². The Balaban J connectivity index is 2.66. The van der Waals surface area contributed by atoms with E-state index in [0.29, 0.717) is 6.54 Å². The number of carbonyl (C=O) groups excluding carboxylic acids is 1. The predicted octanol–water partition coefficient (Wildman–Crippen LogP) is 1.63. The maximum absolute atomic E-state index is 12.0. The van der Waals surface area contributed by atoms with Crippen molar-refractivity contribution < 1.29 is 4.79 Å². The van der Waals surface area contributed by atoms with Crippen LogP contribution in [0.25, 0.3) is 0 Å². The van der Waals surface area contributed by atoms with E-state index < -0.39 is 0 Å². The minimum absolute atomic E-state index is 0.0769. The smallest absolute Gasteiger partial charge is 0.293 e. The van der Waals surface area contributed by atoms with Crippen molar-refractivity contribution in [2.45, 2.75) is 40.0 Å². The Hall–Kier alpha value is -1.39. The molecule has 1 heterocycles. The number of unbranched alkanes of at least 4 members (excludes halogenated alkanes) is 1. The summed E-state index contributed by atoms with van der Waals surface area (Å²) in [7, 11) is 0. The molecule has 0 spiro atoms. The van der Waals surface area contributed by atoms with Gasteiger partial charge < -0.3 is 4.90 Å². The van der Waals surface area contributed by atoms with E-state index in [2.05, 4.69) is 22.1 Å². The summed E-state index contributed by atoms with van der Waals surface area (Å²) < 4.78 is 0. The third-order valence-corrected chi connectivity index (χ3v) is 2.51. The van der Waals surface area contributed by atoms with Crippen molar-refractivity contribution >= 4 is 5.91 Å². The molecule has 90 valence electrons. The molecule has 1 aromatic heterocycles. The second kappa shape index (κ2) is 6.25. The molecule has 0 saturated carbocycles. The number of H-pyrrole nitrogens is 1. The van der Waals surface area contributed by atoms with Gasteiger partial charge in [0, 0.05) is 19.5 Å². The van der Waals surface area contributed by atoms with Crippen LogP contribution >= 0.6 is 0 Å². The van der Waals surface area contributed by atoms with E-state index in [9.17, 15) is 4.79 Å². The highest BCUT2D eigenvalue weighted by Crippen LogP contribution is 2.02. The Morgan fingerprint density at radius 3 is 2.62 bits per heavy atom. The van der Waals surface area contributed by atoms with Crippen LogP contribution in [0, 0.1) is 0 Å². The van der Waals surface area contributed by atoms with Gasteiger partial charge >= 0.3 is 0 Å². The largest absolute Gasteiger partial charge is 0.336 e. The number of rotatable bonds is 6. The molecule has 5 heteroatoms. The second-order valence-corrected chi connectivity index (χ2v) is 3.70. The summed E-state index contributed by atoms with van der Waals surface area (Å²) >= 11 is 0. The van der Waals surface area contributed by atoms with Crippen LogP contribution < -0.4 is 0 Å². The average molecular weight is 224 g/mol. The fourth-order valence-corrected chi connectivity index (χ4v) is 1.44. The molecule has 16 heavy (non-hydrogen) atoms. The third-order valence-electron chi connectivity index (χ3n) is 2.51. The van der Waals surface area contributed by atoms with E-state index in [1.54, 1.807) is 4.90 Å². The minimum Gasteiger partial charge on any atom is -0.336 e. The summed E-state index contributed by atoms with van der Waals surface area (Å²) in [5, 5.41) is 6.70. The van der Waals surface area contributed by atoms with Gasteiger partial charge in [0.15, 0.2) is 0 Å². The molecule has 1 aromatic rings. The van der Waals surface area contributed by atoms with Crippen molar-refractivity contribution in [3.05, 3.63) is 11.6 Å². The lowest BCUT2D eigenvalue weighted by molar-refractivity contribution is 0.0750. The first-order valence-electron chi connectivity index (χ1n) is 5.93. The molecule has 0 radical (unpaired) electrons. The van der Waals surface area contributed by atoms with E-state index >= 15 is 0 Å². The van der Waals surface area contributed by atoms with Crippen LogP contribution in [0.4, 0.5) is 0 Å². The SMILES string of the molecule is CCCCN(CC)C(=O)c1n[nH]c(CC)n1. The molecule has 1 amide bonds. The number of nitrogens with zero attached hydrogens (tertiary/aromatic N) is 3. The fraction of sp³-hybridized carbons (Fsp3) is 0.727. The van der Waals surface area contributed by atoms with Gasteiger partial charge in [-0.1, -0.05) is 20.3 Å². The van der Waals surface area contributed by atoms with Crippen LogP contribution in [0.3, 0.4) is 0 Å². The zero-order chi connectivity index (χ0) is 12.0. The number of hydrogen-bond donors (Lipinski definition) is 1. The van der Waals surface area contributed by atoms with Crippen molar-refractivity contribution in [2.75, 3.05) is 13.1 Å². The molecule has 0 unspecified atom stereocenters. The van der Waals surface area contributed by atoms with Crippen molar-refractivity contribution in [3.8, 4) is 0 Å². The van der Waals surface area contributed by atoms with Gasteiger partial charge in [0.1, 0.15) is 5.82 Å². The molecular weight excluding hydrogens is 204 g/mol. The van der Waals surface area contributed by atoms with Crippen LogP contribution in [-0.4, -0.2) is 39.1 Å².